The zero-order valence-electron chi connectivity index (χ0n) is 10.0. The van der Waals surface area contributed by atoms with E-state index in [-0.39, 0.29) is 0 Å². The first-order valence-corrected chi connectivity index (χ1v) is 5.49. The minimum absolute atomic E-state index is 0.409. The summed E-state index contributed by atoms with van der Waals surface area (Å²) in [4.78, 5) is 0. The van der Waals surface area contributed by atoms with Crippen molar-refractivity contribution in [2.75, 3.05) is 6.54 Å². The van der Waals surface area contributed by atoms with Gasteiger partial charge in [0.05, 0.1) is 6.10 Å². The molecule has 0 aliphatic rings. The smallest absolute Gasteiger partial charge is 0.0914 e. The third-order valence-corrected chi connectivity index (χ3v) is 2.64. The molecule has 15 heavy (non-hydrogen) atoms. The maximum Gasteiger partial charge on any atom is 0.0914 e. The van der Waals surface area contributed by atoms with Crippen molar-refractivity contribution < 1.29 is 5.11 Å². The summed E-state index contributed by atoms with van der Waals surface area (Å²) in [6, 6.07) is 6.52. The molecule has 0 saturated carbocycles. The van der Waals surface area contributed by atoms with Gasteiger partial charge in [-0.1, -0.05) is 32.0 Å². The molecule has 1 atom stereocenters. The Hall–Kier alpha value is -0.860. The molecule has 0 saturated heterocycles. The molecule has 84 valence electrons. The number of aliphatic hydroxyl groups excluding tert-OH is 1. The van der Waals surface area contributed by atoms with Crippen LogP contribution >= 0.6 is 0 Å². The van der Waals surface area contributed by atoms with Gasteiger partial charge in [0.2, 0.25) is 0 Å². The van der Waals surface area contributed by atoms with Crippen LogP contribution in [0.25, 0.3) is 0 Å². The third-order valence-electron chi connectivity index (χ3n) is 2.64. The van der Waals surface area contributed by atoms with Gasteiger partial charge in [-0.25, -0.2) is 0 Å². The summed E-state index contributed by atoms with van der Waals surface area (Å²) >= 11 is 0. The molecule has 1 rings (SSSR count). The van der Waals surface area contributed by atoms with Gasteiger partial charge < -0.3 is 10.4 Å². The van der Waals surface area contributed by atoms with Crippen LogP contribution in [0.5, 0.6) is 0 Å². The van der Waals surface area contributed by atoms with E-state index in [0.717, 1.165) is 5.56 Å². The van der Waals surface area contributed by atoms with Crippen molar-refractivity contribution in [2.24, 2.45) is 0 Å². The van der Waals surface area contributed by atoms with Crippen molar-refractivity contribution in [1.82, 2.24) is 5.32 Å². The Morgan fingerprint density at radius 3 is 2.40 bits per heavy atom. The molecule has 0 spiro atoms. The number of rotatable bonds is 4. The summed E-state index contributed by atoms with van der Waals surface area (Å²) in [6.07, 6.45) is -0.410. The van der Waals surface area contributed by atoms with Gasteiger partial charge >= 0.3 is 0 Å². The number of nitrogens with one attached hydrogen (secondary N) is 1. The lowest BCUT2D eigenvalue weighted by atomic mass is 10.0. The average molecular weight is 207 g/mol. The monoisotopic (exact) mass is 207 g/mol. The SMILES string of the molecule is Cc1ccc(C(O)CNC(C)C)cc1C. The number of aliphatic hydroxyl groups is 1. The highest BCUT2D eigenvalue weighted by atomic mass is 16.3. The van der Waals surface area contributed by atoms with E-state index in [0.29, 0.717) is 12.6 Å². The molecule has 2 nitrogen and oxygen atoms in total. The summed E-state index contributed by atoms with van der Waals surface area (Å²) in [6.45, 7) is 8.92. The molecule has 1 aromatic rings. The third kappa shape index (κ3) is 3.65. The van der Waals surface area contributed by atoms with Crippen LogP contribution < -0.4 is 5.32 Å². The zero-order valence-corrected chi connectivity index (χ0v) is 10.0. The van der Waals surface area contributed by atoms with Crippen LogP contribution in [0.15, 0.2) is 18.2 Å². The van der Waals surface area contributed by atoms with E-state index < -0.39 is 6.10 Å². The van der Waals surface area contributed by atoms with Crippen LogP contribution in [0, 0.1) is 13.8 Å². The van der Waals surface area contributed by atoms with Crippen LogP contribution in [0.1, 0.15) is 36.6 Å². The Morgan fingerprint density at radius 2 is 1.87 bits per heavy atom. The molecule has 0 aliphatic carbocycles. The Labute approximate surface area is 92.3 Å². The van der Waals surface area contributed by atoms with Gasteiger partial charge in [-0.3, -0.25) is 0 Å². The molecule has 0 amide bonds. The second-order valence-corrected chi connectivity index (χ2v) is 4.42. The number of hydrogen-bond acceptors (Lipinski definition) is 2. The average Bonchev–Trinajstić information content (AvgIpc) is 2.18. The molecule has 0 bridgehead atoms. The standard InChI is InChI=1S/C13H21NO/c1-9(2)14-8-13(15)12-6-5-10(3)11(4)7-12/h5-7,9,13-15H,8H2,1-4H3. The minimum Gasteiger partial charge on any atom is -0.387 e. The predicted molar refractivity (Wildman–Crippen MR) is 64.0 cm³/mol. The Kier molecular flexibility index (Phi) is 4.30. The van der Waals surface area contributed by atoms with E-state index in [9.17, 15) is 5.11 Å². The van der Waals surface area contributed by atoms with E-state index >= 15 is 0 Å². The van der Waals surface area contributed by atoms with Crippen LogP contribution in [0.3, 0.4) is 0 Å². The maximum atomic E-state index is 9.92. The second-order valence-electron chi connectivity index (χ2n) is 4.42. The van der Waals surface area contributed by atoms with Crippen molar-refractivity contribution in [1.29, 1.82) is 0 Å². The van der Waals surface area contributed by atoms with Gasteiger partial charge in [0.15, 0.2) is 0 Å². The van der Waals surface area contributed by atoms with E-state index in [2.05, 4.69) is 45.1 Å². The maximum absolute atomic E-state index is 9.92. The van der Waals surface area contributed by atoms with Crippen LogP contribution in [-0.4, -0.2) is 17.7 Å². The van der Waals surface area contributed by atoms with Crippen LogP contribution in [0.4, 0.5) is 0 Å². The van der Waals surface area contributed by atoms with Gasteiger partial charge in [0, 0.05) is 12.6 Å². The highest BCUT2D eigenvalue weighted by Crippen LogP contribution is 2.16. The Morgan fingerprint density at radius 1 is 1.20 bits per heavy atom. The summed E-state index contributed by atoms with van der Waals surface area (Å²) in [7, 11) is 0. The first-order chi connectivity index (χ1) is 7.00. The van der Waals surface area contributed by atoms with Crippen LogP contribution in [0.2, 0.25) is 0 Å². The molecule has 2 heteroatoms. The highest BCUT2D eigenvalue weighted by Gasteiger charge is 2.08. The molecule has 0 radical (unpaired) electrons. The van der Waals surface area contributed by atoms with E-state index in [1.54, 1.807) is 0 Å². The molecule has 0 aliphatic heterocycles. The van der Waals surface area contributed by atoms with Crippen LogP contribution in [-0.2, 0) is 0 Å². The quantitative estimate of drug-likeness (QED) is 0.794. The largest absolute Gasteiger partial charge is 0.387 e. The lowest BCUT2D eigenvalue weighted by Gasteiger charge is -2.15. The van der Waals surface area contributed by atoms with E-state index in [1.165, 1.54) is 11.1 Å². The van der Waals surface area contributed by atoms with Gasteiger partial charge in [-0.2, -0.15) is 0 Å². The topological polar surface area (TPSA) is 32.3 Å². The first kappa shape index (κ1) is 12.2. The van der Waals surface area contributed by atoms with Crippen molar-refractivity contribution in [3.8, 4) is 0 Å². The molecular formula is C13H21NO. The normalized spacial score (nSPS) is 13.2. The summed E-state index contributed by atoms with van der Waals surface area (Å²) in [5, 5.41) is 13.2. The highest BCUT2D eigenvalue weighted by molar-refractivity contribution is 5.31. The van der Waals surface area contributed by atoms with E-state index in [4.69, 9.17) is 0 Å². The van der Waals surface area contributed by atoms with Crippen molar-refractivity contribution in [3.05, 3.63) is 34.9 Å². The van der Waals surface area contributed by atoms with E-state index in [1.807, 2.05) is 6.07 Å². The number of aryl methyl sites for hydroxylation is 2. The van der Waals surface area contributed by atoms with Gasteiger partial charge in [0.1, 0.15) is 0 Å². The minimum atomic E-state index is -0.410. The molecule has 0 fully saturated rings. The number of hydrogen-bond donors (Lipinski definition) is 2. The first-order valence-electron chi connectivity index (χ1n) is 5.49. The lowest BCUT2D eigenvalue weighted by Crippen LogP contribution is -2.27. The second kappa shape index (κ2) is 5.29. The fourth-order valence-electron chi connectivity index (χ4n) is 1.44. The van der Waals surface area contributed by atoms with Gasteiger partial charge in [0.25, 0.3) is 0 Å². The fourth-order valence-corrected chi connectivity index (χ4v) is 1.44. The molecule has 0 aromatic heterocycles. The summed E-state index contributed by atoms with van der Waals surface area (Å²) in [5.41, 5.74) is 3.49. The molecule has 0 heterocycles. The molecule has 1 unspecified atom stereocenters. The van der Waals surface area contributed by atoms with Crippen molar-refractivity contribution in [2.45, 2.75) is 39.8 Å². The summed E-state index contributed by atoms with van der Waals surface area (Å²) in [5.74, 6) is 0. The predicted octanol–water partition coefficient (Wildman–Crippen LogP) is 2.33. The molecular weight excluding hydrogens is 186 g/mol. The fraction of sp³-hybridized carbons (Fsp3) is 0.538. The van der Waals surface area contributed by atoms with Crippen molar-refractivity contribution >= 4 is 0 Å². The van der Waals surface area contributed by atoms with Crippen molar-refractivity contribution in [3.63, 3.8) is 0 Å². The van der Waals surface area contributed by atoms with Gasteiger partial charge in [-0.05, 0) is 30.5 Å². The molecule has 1 aromatic carbocycles. The Balaban J connectivity index is 2.65. The molecule has 2 N–H and O–H groups in total. The zero-order chi connectivity index (χ0) is 11.4. The lowest BCUT2D eigenvalue weighted by molar-refractivity contribution is 0.171. The summed E-state index contributed by atoms with van der Waals surface area (Å²) < 4.78 is 0. The van der Waals surface area contributed by atoms with Gasteiger partial charge in [-0.15, -0.1) is 0 Å². The Bertz CT molecular complexity index is 320. The number of benzene rings is 1.